The van der Waals surface area contributed by atoms with Crippen LogP contribution < -0.4 is 11.1 Å². The summed E-state index contributed by atoms with van der Waals surface area (Å²) in [5.41, 5.74) is 6.86. The molecule has 0 saturated heterocycles. The van der Waals surface area contributed by atoms with Gasteiger partial charge in [0.1, 0.15) is 0 Å². The number of thiazole rings is 1. The lowest BCUT2D eigenvalue weighted by Crippen LogP contribution is -2.11. The average molecular weight is 278 g/mol. The third-order valence-corrected chi connectivity index (χ3v) is 3.72. The van der Waals surface area contributed by atoms with Gasteiger partial charge >= 0.3 is 0 Å². The van der Waals surface area contributed by atoms with E-state index in [1.165, 1.54) is 12.1 Å². The van der Waals surface area contributed by atoms with Crippen molar-refractivity contribution in [3.63, 3.8) is 0 Å². The number of hydrogen-bond acceptors (Lipinski definition) is 6. The predicted molar refractivity (Wildman–Crippen MR) is 76.5 cm³/mol. The predicted octanol–water partition coefficient (Wildman–Crippen LogP) is 2.85. The van der Waals surface area contributed by atoms with E-state index >= 15 is 0 Å². The van der Waals surface area contributed by atoms with Crippen molar-refractivity contribution >= 4 is 28.4 Å². The summed E-state index contributed by atoms with van der Waals surface area (Å²) in [5.74, 6) is 0.259. The molecule has 0 saturated carbocycles. The highest BCUT2D eigenvalue weighted by molar-refractivity contribution is 7.09. The Morgan fingerprint density at radius 3 is 2.95 bits per heavy atom. The SMILES string of the molecule is CC(CNc1ccc([N+](=O)[O-])cc1N)c1nccs1. The molecule has 1 aromatic heterocycles. The van der Waals surface area contributed by atoms with Crippen LogP contribution >= 0.6 is 11.3 Å². The fourth-order valence-corrected chi connectivity index (χ4v) is 2.35. The molecule has 1 atom stereocenters. The topological polar surface area (TPSA) is 94.1 Å². The molecule has 7 heteroatoms. The lowest BCUT2D eigenvalue weighted by Gasteiger charge is -2.12. The van der Waals surface area contributed by atoms with Gasteiger partial charge in [-0.25, -0.2) is 4.98 Å². The van der Waals surface area contributed by atoms with Gasteiger partial charge in [-0.3, -0.25) is 10.1 Å². The monoisotopic (exact) mass is 278 g/mol. The summed E-state index contributed by atoms with van der Waals surface area (Å²) >= 11 is 1.61. The molecular weight excluding hydrogens is 264 g/mol. The molecule has 0 amide bonds. The summed E-state index contributed by atoms with van der Waals surface area (Å²) in [7, 11) is 0. The van der Waals surface area contributed by atoms with Crippen LogP contribution in [0.15, 0.2) is 29.8 Å². The summed E-state index contributed by atoms with van der Waals surface area (Å²) in [6.45, 7) is 2.74. The highest BCUT2D eigenvalue weighted by atomic mass is 32.1. The zero-order valence-electron chi connectivity index (χ0n) is 10.4. The molecule has 2 rings (SSSR count). The van der Waals surface area contributed by atoms with E-state index in [0.29, 0.717) is 17.9 Å². The highest BCUT2D eigenvalue weighted by Gasteiger charge is 2.11. The van der Waals surface area contributed by atoms with E-state index in [1.807, 2.05) is 5.38 Å². The summed E-state index contributed by atoms with van der Waals surface area (Å²) in [4.78, 5) is 14.4. The molecule has 1 aromatic carbocycles. The van der Waals surface area contributed by atoms with Crippen LogP contribution in [0, 0.1) is 10.1 Å². The normalized spacial score (nSPS) is 12.1. The minimum atomic E-state index is -0.460. The average Bonchev–Trinajstić information content (AvgIpc) is 2.90. The number of rotatable bonds is 5. The van der Waals surface area contributed by atoms with Crippen molar-refractivity contribution in [2.75, 3.05) is 17.6 Å². The van der Waals surface area contributed by atoms with E-state index in [4.69, 9.17) is 5.73 Å². The first kappa shape index (κ1) is 13.3. The molecule has 19 heavy (non-hydrogen) atoms. The molecule has 2 aromatic rings. The van der Waals surface area contributed by atoms with Crippen molar-refractivity contribution in [1.82, 2.24) is 4.98 Å². The van der Waals surface area contributed by atoms with Gasteiger partial charge in [0.15, 0.2) is 0 Å². The molecule has 3 N–H and O–H groups in total. The quantitative estimate of drug-likeness (QED) is 0.498. The fourth-order valence-electron chi connectivity index (χ4n) is 1.65. The van der Waals surface area contributed by atoms with Crippen molar-refractivity contribution in [2.45, 2.75) is 12.8 Å². The summed E-state index contributed by atoms with van der Waals surface area (Å²) in [5, 5.41) is 16.8. The summed E-state index contributed by atoms with van der Waals surface area (Å²) < 4.78 is 0. The number of nitrogens with two attached hydrogens (primary N) is 1. The van der Waals surface area contributed by atoms with E-state index in [0.717, 1.165) is 5.01 Å². The number of nitrogens with zero attached hydrogens (tertiary/aromatic N) is 2. The molecule has 0 aliphatic heterocycles. The van der Waals surface area contributed by atoms with Crippen LogP contribution in [-0.2, 0) is 0 Å². The third-order valence-electron chi connectivity index (χ3n) is 2.72. The van der Waals surface area contributed by atoms with Gasteiger partial charge in [-0.15, -0.1) is 11.3 Å². The van der Waals surface area contributed by atoms with Crippen LogP contribution in [0.25, 0.3) is 0 Å². The smallest absolute Gasteiger partial charge is 0.271 e. The van der Waals surface area contributed by atoms with Crippen molar-refractivity contribution in [2.24, 2.45) is 0 Å². The van der Waals surface area contributed by atoms with Gasteiger partial charge in [0.2, 0.25) is 0 Å². The number of nitro groups is 1. The van der Waals surface area contributed by atoms with Crippen molar-refractivity contribution in [1.29, 1.82) is 0 Å². The molecule has 1 heterocycles. The van der Waals surface area contributed by atoms with E-state index < -0.39 is 4.92 Å². The standard InChI is InChI=1S/C12H14N4O2S/c1-8(12-14-4-5-19-12)7-15-11-3-2-9(16(17)18)6-10(11)13/h2-6,8,15H,7,13H2,1H3. The van der Waals surface area contributed by atoms with E-state index in [9.17, 15) is 10.1 Å². The zero-order chi connectivity index (χ0) is 13.8. The van der Waals surface area contributed by atoms with E-state index in [2.05, 4.69) is 17.2 Å². The minimum Gasteiger partial charge on any atom is -0.397 e. The molecule has 0 aliphatic carbocycles. The second-order valence-electron chi connectivity index (χ2n) is 4.18. The lowest BCUT2D eigenvalue weighted by molar-refractivity contribution is -0.384. The van der Waals surface area contributed by atoms with Crippen LogP contribution in [0.1, 0.15) is 17.8 Å². The molecule has 0 fully saturated rings. The van der Waals surface area contributed by atoms with Crippen LogP contribution in [0.3, 0.4) is 0 Å². The Labute approximate surface area is 114 Å². The Bertz CT molecular complexity index is 571. The number of nitro benzene ring substituents is 1. The van der Waals surface area contributed by atoms with Gasteiger partial charge in [0.05, 0.1) is 21.3 Å². The second kappa shape index (κ2) is 5.66. The zero-order valence-corrected chi connectivity index (χ0v) is 11.2. The lowest BCUT2D eigenvalue weighted by atomic mass is 10.2. The number of hydrogen-bond donors (Lipinski definition) is 2. The van der Waals surface area contributed by atoms with E-state index in [1.54, 1.807) is 23.6 Å². The molecule has 6 nitrogen and oxygen atoms in total. The Morgan fingerprint density at radius 2 is 2.37 bits per heavy atom. The maximum Gasteiger partial charge on any atom is 0.271 e. The van der Waals surface area contributed by atoms with Crippen molar-refractivity contribution < 1.29 is 4.92 Å². The maximum atomic E-state index is 10.6. The molecule has 0 spiro atoms. The first-order valence-corrected chi connectivity index (χ1v) is 6.63. The third kappa shape index (κ3) is 3.19. The molecule has 100 valence electrons. The second-order valence-corrected chi connectivity index (χ2v) is 5.11. The summed E-state index contributed by atoms with van der Waals surface area (Å²) in [6.07, 6.45) is 1.77. The minimum absolute atomic E-state index is 0.00368. The Hall–Kier alpha value is -2.15. The van der Waals surface area contributed by atoms with Crippen molar-refractivity contribution in [3.05, 3.63) is 44.9 Å². The van der Waals surface area contributed by atoms with Gasteiger partial charge in [-0.05, 0) is 6.07 Å². The Morgan fingerprint density at radius 1 is 1.58 bits per heavy atom. The first-order chi connectivity index (χ1) is 9.08. The highest BCUT2D eigenvalue weighted by Crippen LogP contribution is 2.25. The Kier molecular flexibility index (Phi) is 3.96. The molecule has 0 aliphatic rings. The molecular formula is C12H14N4O2S. The molecule has 1 unspecified atom stereocenters. The van der Waals surface area contributed by atoms with Crippen LogP contribution in [0.5, 0.6) is 0 Å². The first-order valence-electron chi connectivity index (χ1n) is 5.75. The summed E-state index contributed by atoms with van der Waals surface area (Å²) in [6, 6.07) is 4.42. The maximum absolute atomic E-state index is 10.6. The number of nitrogen functional groups attached to an aromatic ring is 1. The van der Waals surface area contributed by atoms with Gasteiger partial charge in [-0.1, -0.05) is 6.92 Å². The number of aromatic nitrogens is 1. The van der Waals surface area contributed by atoms with Crippen molar-refractivity contribution in [3.8, 4) is 0 Å². The number of non-ortho nitro benzene ring substituents is 1. The Balaban J connectivity index is 2.02. The van der Waals surface area contributed by atoms with Crippen LogP contribution in [0.2, 0.25) is 0 Å². The fraction of sp³-hybridized carbons (Fsp3) is 0.250. The van der Waals surface area contributed by atoms with E-state index in [-0.39, 0.29) is 11.6 Å². The van der Waals surface area contributed by atoms with Crippen LogP contribution in [0.4, 0.5) is 17.1 Å². The van der Waals surface area contributed by atoms with Gasteiger partial charge in [-0.2, -0.15) is 0 Å². The number of nitrogens with one attached hydrogen (secondary N) is 1. The number of benzene rings is 1. The van der Waals surface area contributed by atoms with Gasteiger partial charge < -0.3 is 11.1 Å². The largest absolute Gasteiger partial charge is 0.397 e. The van der Waals surface area contributed by atoms with Gasteiger partial charge in [0.25, 0.3) is 5.69 Å². The number of anilines is 2. The molecule has 0 bridgehead atoms. The molecule has 0 radical (unpaired) electrons. The van der Waals surface area contributed by atoms with Crippen LogP contribution in [-0.4, -0.2) is 16.5 Å². The van der Waals surface area contributed by atoms with Gasteiger partial charge in [0, 0.05) is 36.2 Å².